The van der Waals surface area contributed by atoms with E-state index in [1.54, 1.807) is 6.92 Å². The summed E-state index contributed by atoms with van der Waals surface area (Å²) in [4.78, 5) is 11.4. The van der Waals surface area contributed by atoms with E-state index in [9.17, 15) is 13.6 Å². The first-order valence-corrected chi connectivity index (χ1v) is 4.66. The number of alkyl halides is 2. The highest BCUT2D eigenvalue weighted by Gasteiger charge is 2.19. The summed E-state index contributed by atoms with van der Waals surface area (Å²) in [5.41, 5.74) is 2.11. The predicted molar refractivity (Wildman–Crippen MR) is 55.2 cm³/mol. The molecular weight excluding hydrogens is 218 g/mol. The number of benzene rings is 1. The number of hydrogen-bond donors (Lipinski definition) is 2. The molecule has 0 aliphatic rings. The molecule has 1 rings (SSSR count). The van der Waals surface area contributed by atoms with Crippen molar-refractivity contribution in [2.45, 2.75) is 13.3 Å². The van der Waals surface area contributed by atoms with E-state index in [4.69, 9.17) is 5.84 Å². The van der Waals surface area contributed by atoms with Crippen LogP contribution < -0.4 is 11.3 Å². The highest BCUT2D eigenvalue weighted by atomic mass is 19.3. The smallest absolute Gasteiger partial charge is 0.338 e. The van der Waals surface area contributed by atoms with Crippen LogP contribution in [0.3, 0.4) is 0 Å². The highest BCUT2D eigenvalue weighted by molar-refractivity contribution is 5.92. The lowest BCUT2D eigenvalue weighted by molar-refractivity contribution is 0.0515. The van der Waals surface area contributed by atoms with E-state index in [0.717, 1.165) is 6.07 Å². The van der Waals surface area contributed by atoms with Gasteiger partial charge in [0, 0.05) is 11.3 Å². The fourth-order valence-electron chi connectivity index (χ4n) is 1.22. The van der Waals surface area contributed by atoms with Crippen LogP contribution in [-0.4, -0.2) is 12.6 Å². The molecule has 0 spiro atoms. The molecule has 88 valence electrons. The van der Waals surface area contributed by atoms with Crippen LogP contribution in [0.5, 0.6) is 0 Å². The average Bonchev–Trinajstić information content (AvgIpc) is 2.28. The molecule has 4 nitrogen and oxygen atoms in total. The maximum Gasteiger partial charge on any atom is 0.338 e. The third-order valence-electron chi connectivity index (χ3n) is 1.95. The fraction of sp³-hybridized carbons (Fsp3) is 0.300. The van der Waals surface area contributed by atoms with Gasteiger partial charge in [0.2, 0.25) is 0 Å². The van der Waals surface area contributed by atoms with Gasteiger partial charge in [-0.1, -0.05) is 6.07 Å². The van der Waals surface area contributed by atoms with E-state index in [0.29, 0.717) is 5.69 Å². The molecule has 0 unspecified atom stereocenters. The number of hydrazine groups is 1. The Hall–Kier alpha value is -1.69. The Morgan fingerprint density at radius 3 is 2.75 bits per heavy atom. The van der Waals surface area contributed by atoms with Gasteiger partial charge in [-0.2, -0.15) is 0 Å². The molecule has 0 saturated heterocycles. The fourth-order valence-corrected chi connectivity index (χ4v) is 1.22. The SMILES string of the molecule is CCOC(=O)c1cc(NN)ccc1C(F)F. The van der Waals surface area contributed by atoms with Crippen LogP contribution in [-0.2, 0) is 4.74 Å². The Labute approximate surface area is 91.4 Å². The zero-order chi connectivity index (χ0) is 12.1. The molecule has 6 heteroatoms. The number of ether oxygens (including phenoxy) is 1. The van der Waals surface area contributed by atoms with E-state index in [2.05, 4.69) is 10.2 Å². The van der Waals surface area contributed by atoms with Gasteiger partial charge in [-0.3, -0.25) is 5.84 Å². The summed E-state index contributed by atoms with van der Waals surface area (Å²) in [5, 5.41) is 0. The molecule has 1 aromatic carbocycles. The number of esters is 1. The molecule has 0 heterocycles. The first-order chi connectivity index (χ1) is 7.60. The van der Waals surface area contributed by atoms with Crippen molar-refractivity contribution >= 4 is 11.7 Å². The van der Waals surface area contributed by atoms with Crippen molar-refractivity contribution in [1.82, 2.24) is 0 Å². The van der Waals surface area contributed by atoms with Crippen LogP contribution in [0.2, 0.25) is 0 Å². The van der Waals surface area contributed by atoms with Gasteiger partial charge in [0.05, 0.1) is 12.2 Å². The minimum absolute atomic E-state index is 0.127. The van der Waals surface area contributed by atoms with Crippen molar-refractivity contribution in [2.24, 2.45) is 5.84 Å². The number of rotatable bonds is 4. The lowest BCUT2D eigenvalue weighted by atomic mass is 10.1. The van der Waals surface area contributed by atoms with Crippen LogP contribution in [0.1, 0.15) is 29.3 Å². The Bertz CT molecular complexity index is 383. The number of halogens is 2. The zero-order valence-electron chi connectivity index (χ0n) is 8.67. The van der Waals surface area contributed by atoms with Crippen LogP contribution in [0.4, 0.5) is 14.5 Å². The topological polar surface area (TPSA) is 64.3 Å². The highest BCUT2D eigenvalue weighted by Crippen LogP contribution is 2.26. The second-order valence-electron chi connectivity index (χ2n) is 2.97. The van der Waals surface area contributed by atoms with Crippen molar-refractivity contribution in [3.63, 3.8) is 0 Å². The van der Waals surface area contributed by atoms with Crippen molar-refractivity contribution in [1.29, 1.82) is 0 Å². The maximum absolute atomic E-state index is 12.6. The average molecular weight is 230 g/mol. The van der Waals surface area contributed by atoms with Crippen molar-refractivity contribution in [2.75, 3.05) is 12.0 Å². The van der Waals surface area contributed by atoms with E-state index in [1.807, 2.05) is 0 Å². The van der Waals surface area contributed by atoms with Gasteiger partial charge >= 0.3 is 5.97 Å². The molecule has 0 aliphatic heterocycles. The first-order valence-electron chi connectivity index (χ1n) is 4.66. The van der Waals surface area contributed by atoms with Gasteiger partial charge < -0.3 is 10.2 Å². The Morgan fingerprint density at radius 1 is 1.56 bits per heavy atom. The minimum Gasteiger partial charge on any atom is -0.462 e. The van der Waals surface area contributed by atoms with Crippen LogP contribution in [0.25, 0.3) is 0 Å². The summed E-state index contributed by atoms with van der Waals surface area (Å²) in [5.74, 6) is 4.35. The first kappa shape index (κ1) is 12.4. The summed E-state index contributed by atoms with van der Waals surface area (Å²) >= 11 is 0. The summed E-state index contributed by atoms with van der Waals surface area (Å²) in [6.45, 7) is 1.73. The monoisotopic (exact) mass is 230 g/mol. The van der Waals surface area contributed by atoms with E-state index in [-0.39, 0.29) is 17.7 Å². The van der Waals surface area contributed by atoms with E-state index < -0.39 is 12.4 Å². The number of anilines is 1. The summed E-state index contributed by atoms with van der Waals surface area (Å²) < 4.78 is 29.9. The third-order valence-corrected chi connectivity index (χ3v) is 1.95. The molecule has 0 amide bonds. The number of carbonyl (C=O) groups is 1. The molecule has 0 aromatic heterocycles. The van der Waals surface area contributed by atoms with Gasteiger partial charge in [-0.05, 0) is 19.1 Å². The summed E-state index contributed by atoms with van der Waals surface area (Å²) in [7, 11) is 0. The maximum atomic E-state index is 12.6. The molecule has 0 fully saturated rings. The van der Waals surface area contributed by atoms with Gasteiger partial charge in [0.25, 0.3) is 6.43 Å². The number of hydrogen-bond acceptors (Lipinski definition) is 4. The Morgan fingerprint density at radius 2 is 2.25 bits per heavy atom. The third kappa shape index (κ3) is 2.66. The lowest BCUT2D eigenvalue weighted by Crippen LogP contribution is -2.12. The quantitative estimate of drug-likeness (QED) is 0.472. The van der Waals surface area contributed by atoms with Gasteiger partial charge in [-0.25, -0.2) is 13.6 Å². The Balaban J connectivity index is 3.14. The predicted octanol–water partition coefficient (Wildman–Crippen LogP) is 2.09. The summed E-state index contributed by atoms with van der Waals surface area (Å²) in [6, 6.07) is 3.75. The number of nitrogens with two attached hydrogens (primary N) is 1. The second-order valence-corrected chi connectivity index (χ2v) is 2.97. The molecule has 0 aliphatic carbocycles. The molecular formula is C10H12F2N2O2. The van der Waals surface area contributed by atoms with Gasteiger partial charge in [0.1, 0.15) is 0 Å². The zero-order valence-corrected chi connectivity index (χ0v) is 8.67. The summed E-state index contributed by atoms with van der Waals surface area (Å²) in [6.07, 6.45) is -2.73. The second kappa shape index (κ2) is 5.41. The standard InChI is InChI=1S/C10H12F2N2O2/c1-2-16-10(15)8-5-6(14-13)3-4-7(8)9(11)12/h3-5,9,14H,2,13H2,1H3. The van der Waals surface area contributed by atoms with Crippen LogP contribution in [0.15, 0.2) is 18.2 Å². The molecule has 0 radical (unpaired) electrons. The normalized spacial score (nSPS) is 10.3. The molecule has 1 aromatic rings. The van der Waals surface area contributed by atoms with Crippen molar-refractivity contribution in [3.8, 4) is 0 Å². The Kier molecular flexibility index (Phi) is 4.19. The van der Waals surface area contributed by atoms with E-state index >= 15 is 0 Å². The largest absolute Gasteiger partial charge is 0.462 e. The number of nitrogens with one attached hydrogen (secondary N) is 1. The van der Waals surface area contributed by atoms with Gasteiger partial charge in [-0.15, -0.1) is 0 Å². The van der Waals surface area contributed by atoms with Crippen LogP contribution >= 0.6 is 0 Å². The molecule has 0 bridgehead atoms. The lowest BCUT2D eigenvalue weighted by Gasteiger charge is -2.10. The minimum atomic E-state index is -2.73. The molecule has 3 N–H and O–H groups in total. The molecule has 0 atom stereocenters. The number of carbonyl (C=O) groups excluding carboxylic acids is 1. The van der Waals surface area contributed by atoms with Gasteiger partial charge in [0.15, 0.2) is 0 Å². The van der Waals surface area contributed by atoms with Crippen LogP contribution in [0, 0.1) is 0 Å². The van der Waals surface area contributed by atoms with Crippen molar-refractivity contribution in [3.05, 3.63) is 29.3 Å². The number of nitrogen functional groups attached to an aromatic ring is 1. The molecule has 16 heavy (non-hydrogen) atoms. The molecule has 0 saturated carbocycles. The van der Waals surface area contributed by atoms with Crippen molar-refractivity contribution < 1.29 is 18.3 Å². The van der Waals surface area contributed by atoms with E-state index in [1.165, 1.54) is 12.1 Å².